The van der Waals surface area contributed by atoms with E-state index in [1.54, 1.807) is 59.9 Å². The molecule has 1 aromatic carbocycles. The van der Waals surface area contributed by atoms with Crippen LogP contribution in [0.4, 0.5) is 9.59 Å². The quantitative estimate of drug-likeness (QED) is 0.165. The Hall–Kier alpha value is -4.73. The highest BCUT2D eigenvalue weighted by atomic mass is 16.6. The second kappa shape index (κ2) is 16.6. The van der Waals surface area contributed by atoms with Gasteiger partial charge in [-0.05, 0) is 58.7 Å². The Morgan fingerprint density at radius 1 is 0.907 bits per heavy atom. The number of ether oxygens (including phenoxy) is 3. The number of amidine groups is 1. The zero-order valence-corrected chi connectivity index (χ0v) is 26.5. The van der Waals surface area contributed by atoms with Crippen LogP contribution in [0.15, 0.2) is 79.0 Å². The lowest BCUT2D eigenvalue weighted by Crippen LogP contribution is -2.46. The normalized spacial score (nSPS) is 10.6. The SMILES string of the molecule is C=C.C=C(C(=N)N(C(=O)OC(C)(C)C)C(=O)OC(C)(C)C)c1cc(Cc2ccc(COc3ccccn3)cc2)no1.CC. The highest BCUT2D eigenvalue weighted by molar-refractivity contribution is 6.28. The first kappa shape index (κ1) is 36.3. The van der Waals surface area contributed by atoms with Crippen LogP contribution >= 0.6 is 0 Å². The number of hydrogen-bond donors (Lipinski definition) is 1. The zero-order valence-electron chi connectivity index (χ0n) is 26.5. The number of benzene rings is 1. The van der Waals surface area contributed by atoms with E-state index in [9.17, 15) is 9.59 Å². The van der Waals surface area contributed by atoms with E-state index in [4.69, 9.17) is 24.1 Å². The number of imide groups is 1. The second-order valence-corrected chi connectivity index (χ2v) is 10.8. The molecule has 10 heteroatoms. The average molecular weight is 593 g/mol. The summed E-state index contributed by atoms with van der Waals surface area (Å²) in [4.78, 5) is 30.3. The van der Waals surface area contributed by atoms with Gasteiger partial charge in [0, 0.05) is 24.8 Å². The van der Waals surface area contributed by atoms with Crippen LogP contribution in [0.5, 0.6) is 5.88 Å². The summed E-state index contributed by atoms with van der Waals surface area (Å²) in [5.74, 6) is 0.144. The zero-order chi connectivity index (χ0) is 32.8. The van der Waals surface area contributed by atoms with Crippen LogP contribution < -0.4 is 4.74 Å². The van der Waals surface area contributed by atoms with Crippen molar-refractivity contribution in [3.8, 4) is 5.88 Å². The van der Waals surface area contributed by atoms with Crippen molar-refractivity contribution < 1.29 is 28.3 Å². The van der Waals surface area contributed by atoms with Crippen LogP contribution in [0.1, 0.15) is 78.0 Å². The van der Waals surface area contributed by atoms with Gasteiger partial charge in [0.1, 0.15) is 17.8 Å². The molecule has 0 radical (unpaired) electrons. The Bertz CT molecular complexity index is 1310. The summed E-state index contributed by atoms with van der Waals surface area (Å²) in [6, 6.07) is 14.9. The minimum atomic E-state index is -1.06. The molecule has 0 unspecified atom stereocenters. The number of rotatable bonds is 7. The van der Waals surface area contributed by atoms with E-state index in [2.05, 4.69) is 29.9 Å². The second-order valence-electron chi connectivity index (χ2n) is 10.8. The Balaban J connectivity index is 0.00000221. The molecule has 0 atom stereocenters. The van der Waals surface area contributed by atoms with Crippen molar-refractivity contribution in [2.45, 2.75) is 79.6 Å². The standard InChI is InChI=1S/C29H34N4O6.C2H6.C2H4/c1-19(25(30)33(26(34)37-28(2,3)4)27(35)38-29(5,6)7)23-17-22(32-39-23)16-20-11-13-21(14-12-20)18-36-24-10-8-9-15-31-24;2*1-2/h8-15,17,30H,1,16,18H2,2-7H3;1-2H3;1-2H2. The lowest BCUT2D eigenvalue weighted by Gasteiger charge is -2.28. The molecule has 1 N–H and O–H groups in total. The molecule has 2 heterocycles. The number of hydrogen-bond acceptors (Lipinski definition) is 9. The predicted molar refractivity (Wildman–Crippen MR) is 168 cm³/mol. The van der Waals surface area contributed by atoms with Crippen LogP contribution in [0, 0.1) is 5.41 Å². The lowest BCUT2D eigenvalue weighted by molar-refractivity contribution is 0.0149. The number of aromatic nitrogens is 2. The minimum Gasteiger partial charge on any atom is -0.473 e. The van der Waals surface area contributed by atoms with Crippen LogP contribution in [-0.4, -0.2) is 44.3 Å². The molecule has 2 aromatic heterocycles. The predicted octanol–water partition coefficient (Wildman–Crippen LogP) is 8.23. The first-order valence-corrected chi connectivity index (χ1v) is 13.8. The van der Waals surface area contributed by atoms with Gasteiger partial charge in [-0.3, -0.25) is 5.41 Å². The van der Waals surface area contributed by atoms with Crippen molar-refractivity contribution in [1.82, 2.24) is 15.0 Å². The van der Waals surface area contributed by atoms with Crippen LogP contribution in [0.25, 0.3) is 5.57 Å². The topological polar surface area (TPSA) is 128 Å². The smallest absolute Gasteiger partial charge is 0.425 e. The monoisotopic (exact) mass is 592 g/mol. The molecular formula is C33H44N4O6. The molecule has 232 valence electrons. The van der Waals surface area contributed by atoms with Gasteiger partial charge in [0.15, 0.2) is 11.6 Å². The van der Waals surface area contributed by atoms with Crippen LogP contribution in [-0.2, 0) is 22.5 Å². The number of pyridine rings is 1. The van der Waals surface area contributed by atoms with Crippen molar-refractivity contribution in [2.24, 2.45) is 0 Å². The maximum Gasteiger partial charge on any atom is 0.425 e. The van der Waals surface area contributed by atoms with E-state index in [1.165, 1.54) is 0 Å². The van der Waals surface area contributed by atoms with E-state index >= 15 is 0 Å². The summed E-state index contributed by atoms with van der Waals surface area (Å²) in [6.45, 7) is 24.1. The Morgan fingerprint density at radius 2 is 1.44 bits per heavy atom. The molecule has 0 saturated carbocycles. The molecule has 0 saturated heterocycles. The number of nitrogens with one attached hydrogen (secondary N) is 1. The van der Waals surface area contributed by atoms with Gasteiger partial charge in [-0.2, -0.15) is 4.90 Å². The first-order valence-electron chi connectivity index (χ1n) is 13.8. The van der Waals surface area contributed by atoms with Crippen molar-refractivity contribution in [2.75, 3.05) is 0 Å². The maximum absolute atomic E-state index is 12.8. The highest BCUT2D eigenvalue weighted by Crippen LogP contribution is 2.22. The number of amides is 2. The van der Waals surface area contributed by atoms with Crippen molar-refractivity contribution >= 4 is 23.6 Å². The molecule has 0 spiro atoms. The fraction of sp³-hybridized carbons (Fsp3) is 0.364. The van der Waals surface area contributed by atoms with Gasteiger partial charge in [-0.15, -0.1) is 13.2 Å². The Kier molecular flexibility index (Phi) is 14.1. The first-order chi connectivity index (χ1) is 20.2. The highest BCUT2D eigenvalue weighted by Gasteiger charge is 2.36. The summed E-state index contributed by atoms with van der Waals surface area (Å²) < 4.78 is 21.7. The number of carbonyl (C=O) groups excluding carboxylic acids is 2. The van der Waals surface area contributed by atoms with Gasteiger partial charge in [0.25, 0.3) is 0 Å². The summed E-state index contributed by atoms with van der Waals surface area (Å²) in [5.41, 5.74) is 0.694. The summed E-state index contributed by atoms with van der Waals surface area (Å²) in [5, 5.41) is 12.6. The molecule has 0 bridgehead atoms. The van der Waals surface area contributed by atoms with Gasteiger partial charge >= 0.3 is 12.2 Å². The average Bonchev–Trinajstić information content (AvgIpc) is 3.41. The van der Waals surface area contributed by atoms with E-state index in [0.717, 1.165) is 11.1 Å². The van der Waals surface area contributed by atoms with Crippen LogP contribution in [0.2, 0.25) is 0 Å². The molecule has 2 amide bonds. The van der Waals surface area contributed by atoms with Gasteiger partial charge in [-0.25, -0.2) is 14.6 Å². The Morgan fingerprint density at radius 3 is 1.93 bits per heavy atom. The molecule has 0 aliphatic heterocycles. The third-order valence-electron chi connectivity index (χ3n) is 4.95. The molecule has 3 rings (SSSR count). The van der Waals surface area contributed by atoms with Crippen molar-refractivity contribution in [3.63, 3.8) is 0 Å². The fourth-order valence-corrected chi connectivity index (χ4v) is 3.21. The third-order valence-corrected chi connectivity index (χ3v) is 4.95. The van der Waals surface area contributed by atoms with Gasteiger partial charge in [0.05, 0.1) is 11.3 Å². The maximum atomic E-state index is 12.8. The summed E-state index contributed by atoms with van der Waals surface area (Å²) >= 11 is 0. The third kappa shape index (κ3) is 12.4. The molecule has 3 aromatic rings. The van der Waals surface area contributed by atoms with Crippen molar-refractivity contribution in [1.29, 1.82) is 5.41 Å². The van der Waals surface area contributed by atoms with Gasteiger partial charge in [-0.1, -0.05) is 55.9 Å². The molecule has 0 aliphatic rings. The number of carbonyl (C=O) groups is 2. The lowest BCUT2D eigenvalue weighted by atomic mass is 10.1. The molecule has 43 heavy (non-hydrogen) atoms. The minimum absolute atomic E-state index is 0.0347. The summed E-state index contributed by atoms with van der Waals surface area (Å²) in [7, 11) is 0. The van der Waals surface area contributed by atoms with Crippen LogP contribution in [0.3, 0.4) is 0 Å². The molecular weight excluding hydrogens is 548 g/mol. The summed E-state index contributed by atoms with van der Waals surface area (Å²) in [6.07, 6.45) is 0.00482. The van der Waals surface area contributed by atoms with E-state index in [1.807, 2.05) is 50.2 Å². The molecule has 0 fully saturated rings. The Labute approximate surface area is 254 Å². The van der Waals surface area contributed by atoms with Gasteiger partial charge in [0.2, 0.25) is 5.88 Å². The van der Waals surface area contributed by atoms with E-state index in [-0.39, 0.29) is 11.3 Å². The van der Waals surface area contributed by atoms with E-state index < -0.39 is 29.2 Å². The largest absolute Gasteiger partial charge is 0.473 e. The molecule has 0 aliphatic carbocycles. The molecule has 10 nitrogen and oxygen atoms in total. The van der Waals surface area contributed by atoms with Gasteiger partial charge < -0.3 is 18.7 Å². The number of nitrogens with zero attached hydrogens (tertiary/aromatic N) is 3. The van der Waals surface area contributed by atoms with E-state index in [0.29, 0.717) is 29.5 Å². The van der Waals surface area contributed by atoms with Crippen molar-refractivity contribution in [3.05, 3.63) is 97.0 Å². The fourth-order valence-electron chi connectivity index (χ4n) is 3.21.